The summed E-state index contributed by atoms with van der Waals surface area (Å²) in [4.78, 5) is 22.4. The lowest BCUT2D eigenvalue weighted by molar-refractivity contribution is 0.184. The van der Waals surface area contributed by atoms with E-state index in [0.717, 1.165) is 36.5 Å². The summed E-state index contributed by atoms with van der Waals surface area (Å²) in [5.74, 6) is 2.20. The van der Waals surface area contributed by atoms with Gasteiger partial charge in [0, 0.05) is 13.1 Å². The molecule has 1 N–H and O–H groups in total. The first-order valence-electron chi connectivity index (χ1n) is 9.07. The molecule has 3 aromatic rings. The standard InChI is InChI=1S/C21H23N3O3/c1-13(20-22-17-7-5-4-6-16(17)21(25)23-20)24-9-8-14-10-18(26-2)19(27-3)11-15(14)12-24/h4-7,10-11,13H,8-9,12H2,1-3H3,(H,22,23,25)/t13-/m0/s1. The first-order chi connectivity index (χ1) is 13.1. The molecule has 6 nitrogen and oxygen atoms in total. The zero-order chi connectivity index (χ0) is 19.0. The predicted octanol–water partition coefficient (Wildman–Crippen LogP) is 3.06. The van der Waals surface area contributed by atoms with Gasteiger partial charge >= 0.3 is 0 Å². The number of H-pyrrole nitrogens is 1. The first kappa shape index (κ1) is 17.5. The topological polar surface area (TPSA) is 67.5 Å². The number of aromatic amines is 1. The van der Waals surface area contributed by atoms with E-state index in [-0.39, 0.29) is 11.6 Å². The molecule has 1 atom stereocenters. The van der Waals surface area contributed by atoms with Crippen LogP contribution < -0.4 is 15.0 Å². The summed E-state index contributed by atoms with van der Waals surface area (Å²) in [6, 6.07) is 11.5. The molecule has 0 bridgehead atoms. The van der Waals surface area contributed by atoms with Crippen LogP contribution in [0.3, 0.4) is 0 Å². The Kier molecular flexibility index (Phi) is 4.58. The minimum Gasteiger partial charge on any atom is -0.493 e. The molecule has 1 aromatic heterocycles. The SMILES string of the molecule is COc1cc2c(cc1OC)CN([C@@H](C)c1nc3ccccc3c(=O)[nH]1)CC2. The second-order valence-electron chi connectivity index (χ2n) is 6.84. The Balaban J connectivity index is 1.65. The number of hydrogen-bond acceptors (Lipinski definition) is 5. The van der Waals surface area contributed by atoms with Crippen LogP contribution in [0, 0.1) is 0 Å². The molecule has 1 aliphatic rings. The highest BCUT2D eigenvalue weighted by molar-refractivity contribution is 5.77. The number of aromatic nitrogens is 2. The first-order valence-corrected chi connectivity index (χ1v) is 9.07. The van der Waals surface area contributed by atoms with Gasteiger partial charge in [-0.2, -0.15) is 0 Å². The van der Waals surface area contributed by atoms with Gasteiger partial charge in [-0.25, -0.2) is 4.98 Å². The van der Waals surface area contributed by atoms with Crippen molar-refractivity contribution in [2.45, 2.75) is 25.9 Å². The molecule has 4 rings (SSSR count). The van der Waals surface area contributed by atoms with Crippen molar-refractivity contribution in [1.82, 2.24) is 14.9 Å². The van der Waals surface area contributed by atoms with Gasteiger partial charge in [0.1, 0.15) is 5.82 Å². The molecule has 6 heteroatoms. The second-order valence-corrected chi connectivity index (χ2v) is 6.84. The van der Waals surface area contributed by atoms with Crippen LogP contribution >= 0.6 is 0 Å². The molecule has 0 saturated heterocycles. The largest absolute Gasteiger partial charge is 0.493 e. The normalized spacial score (nSPS) is 15.4. The molecule has 0 radical (unpaired) electrons. The van der Waals surface area contributed by atoms with Crippen LogP contribution in [0.5, 0.6) is 11.5 Å². The zero-order valence-electron chi connectivity index (χ0n) is 15.8. The van der Waals surface area contributed by atoms with E-state index in [1.807, 2.05) is 24.3 Å². The summed E-state index contributed by atoms with van der Waals surface area (Å²) in [7, 11) is 3.31. The van der Waals surface area contributed by atoms with E-state index in [0.29, 0.717) is 11.2 Å². The van der Waals surface area contributed by atoms with Crippen molar-refractivity contribution < 1.29 is 9.47 Å². The van der Waals surface area contributed by atoms with Crippen LogP contribution in [0.25, 0.3) is 10.9 Å². The molecular weight excluding hydrogens is 342 g/mol. The summed E-state index contributed by atoms with van der Waals surface area (Å²) >= 11 is 0. The molecule has 1 aliphatic heterocycles. The third-order valence-electron chi connectivity index (χ3n) is 5.32. The molecular formula is C21H23N3O3. The molecule has 0 fully saturated rings. The van der Waals surface area contributed by atoms with Gasteiger partial charge < -0.3 is 14.5 Å². The van der Waals surface area contributed by atoms with Crippen molar-refractivity contribution in [2.24, 2.45) is 0 Å². The van der Waals surface area contributed by atoms with Crippen LogP contribution in [0.4, 0.5) is 0 Å². The van der Waals surface area contributed by atoms with Crippen molar-refractivity contribution >= 4 is 10.9 Å². The van der Waals surface area contributed by atoms with Crippen LogP contribution in [-0.4, -0.2) is 35.6 Å². The number of nitrogens with zero attached hydrogens (tertiary/aromatic N) is 2. The van der Waals surface area contributed by atoms with Crippen LogP contribution in [0.1, 0.15) is 29.9 Å². The van der Waals surface area contributed by atoms with E-state index in [1.165, 1.54) is 11.1 Å². The predicted molar refractivity (Wildman–Crippen MR) is 104 cm³/mol. The third kappa shape index (κ3) is 3.17. The molecule has 140 valence electrons. The second kappa shape index (κ2) is 7.04. The van der Waals surface area contributed by atoms with Gasteiger partial charge in [-0.05, 0) is 48.7 Å². The fourth-order valence-corrected chi connectivity index (χ4v) is 3.71. The fraction of sp³-hybridized carbons (Fsp3) is 0.333. The quantitative estimate of drug-likeness (QED) is 0.770. The Morgan fingerprint density at radius 3 is 2.56 bits per heavy atom. The number of fused-ring (bicyclic) bond motifs is 2. The lowest BCUT2D eigenvalue weighted by Crippen LogP contribution is -2.34. The van der Waals surface area contributed by atoms with Crippen molar-refractivity contribution in [3.63, 3.8) is 0 Å². The Hall–Kier alpha value is -2.86. The number of methoxy groups -OCH3 is 2. The summed E-state index contributed by atoms with van der Waals surface area (Å²) in [5.41, 5.74) is 3.13. The molecule has 0 unspecified atom stereocenters. The molecule has 0 saturated carbocycles. The van der Waals surface area contributed by atoms with E-state index < -0.39 is 0 Å². The summed E-state index contributed by atoms with van der Waals surface area (Å²) in [6.07, 6.45) is 0.915. The molecule has 27 heavy (non-hydrogen) atoms. The lowest BCUT2D eigenvalue weighted by atomic mass is 9.97. The van der Waals surface area contributed by atoms with Gasteiger partial charge in [0.15, 0.2) is 11.5 Å². The fourth-order valence-electron chi connectivity index (χ4n) is 3.71. The van der Waals surface area contributed by atoms with Gasteiger partial charge in [-0.1, -0.05) is 12.1 Å². The average molecular weight is 365 g/mol. The van der Waals surface area contributed by atoms with Crippen LogP contribution in [0.2, 0.25) is 0 Å². The number of rotatable bonds is 4. The maximum atomic E-state index is 12.4. The monoisotopic (exact) mass is 365 g/mol. The summed E-state index contributed by atoms with van der Waals surface area (Å²) in [6.45, 7) is 3.74. The minimum atomic E-state index is -0.0914. The van der Waals surface area contributed by atoms with Gasteiger partial charge in [0.05, 0.1) is 31.2 Å². The number of para-hydroxylation sites is 1. The number of hydrogen-bond donors (Lipinski definition) is 1. The van der Waals surface area contributed by atoms with Crippen LogP contribution in [0.15, 0.2) is 41.2 Å². The van der Waals surface area contributed by atoms with Gasteiger partial charge in [0.2, 0.25) is 0 Å². The Morgan fingerprint density at radius 1 is 1.11 bits per heavy atom. The highest BCUT2D eigenvalue weighted by atomic mass is 16.5. The van der Waals surface area contributed by atoms with Crippen molar-refractivity contribution in [3.8, 4) is 11.5 Å². The highest BCUT2D eigenvalue weighted by Crippen LogP contribution is 2.35. The number of nitrogens with one attached hydrogen (secondary N) is 1. The molecule has 0 amide bonds. The van der Waals surface area contributed by atoms with Crippen molar-refractivity contribution in [1.29, 1.82) is 0 Å². The Bertz CT molecular complexity index is 1040. The maximum absolute atomic E-state index is 12.4. The molecule has 2 heterocycles. The van der Waals surface area contributed by atoms with E-state index >= 15 is 0 Å². The maximum Gasteiger partial charge on any atom is 0.258 e. The average Bonchev–Trinajstić information content (AvgIpc) is 2.71. The molecule has 0 aliphatic carbocycles. The van der Waals surface area contributed by atoms with Gasteiger partial charge in [0.25, 0.3) is 5.56 Å². The van der Waals surface area contributed by atoms with E-state index in [4.69, 9.17) is 9.47 Å². The molecule has 2 aromatic carbocycles. The number of benzene rings is 2. The van der Waals surface area contributed by atoms with Gasteiger partial charge in [-0.15, -0.1) is 0 Å². The van der Waals surface area contributed by atoms with E-state index in [2.05, 4.69) is 27.9 Å². The van der Waals surface area contributed by atoms with Gasteiger partial charge in [-0.3, -0.25) is 9.69 Å². The summed E-state index contributed by atoms with van der Waals surface area (Å²) < 4.78 is 10.9. The minimum absolute atomic E-state index is 0.00329. The van der Waals surface area contributed by atoms with E-state index in [9.17, 15) is 4.79 Å². The number of ether oxygens (including phenoxy) is 2. The van der Waals surface area contributed by atoms with Crippen LogP contribution in [-0.2, 0) is 13.0 Å². The summed E-state index contributed by atoms with van der Waals surface area (Å²) in [5, 5.41) is 0.620. The third-order valence-corrected chi connectivity index (χ3v) is 5.32. The van der Waals surface area contributed by atoms with E-state index in [1.54, 1.807) is 20.3 Å². The zero-order valence-corrected chi connectivity index (χ0v) is 15.8. The van der Waals surface area contributed by atoms with Crippen molar-refractivity contribution in [3.05, 3.63) is 63.7 Å². The molecule has 0 spiro atoms. The Labute approximate surface area is 157 Å². The Morgan fingerprint density at radius 2 is 1.81 bits per heavy atom. The van der Waals surface area contributed by atoms with Crippen molar-refractivity contribution in [2.75, 3.05) is 20.8 Å². The lowest BCUT2D eigenvalue weighted by Gasteiger charge is -2.33. The smallest absolute Gasteiger partial charge is 0.258 e. The highest BCUT2D eigenvalue weighted by Gasteiger charge is 2.25.